The van der Waals surface area contributed by atoms with Crippen molar-refractivity contribution in [3.05, 3.63) is 63.6 Å². The summed E-state index contributed by atoms with van der Waals surface area (Å²) >= 11 is 12.0. The number of halogens is 2. The van der Waals surface area contributed by atoms with E-state index in [9.17, 15) is 4.79 Å². The average Bonchev–Trinajstić information content (AvgIpc) is 2.50. The lowest BCUT2D eigenvalue weighted by Crippen LogP contribution is -2.28. The number of carboxylic acid groups (broad SMARTS) is 1. The molecule has 0 aromatic heterocycles. The Morgan fingerprint density at radius 2 is 1.96 bits per heavy atom. The maximum Gasteiger partial charge on any atom is 0.303 e. The first kappa shape index (κ1) is 16.2. The summed E-state index contributed by atoms with van der Waals surface area (Å²) in [6.07, 6.45) is 1.37. The Labute approximate surface area is 144 Å². The fourth-order valence-corrected chi connectivity index (χ4v) is 3.38. The van der Waals surface area contributed by atoms with E-state index in [1.165, 1.54) is 0 Å². The van der Waals surface area contributed by atoms with Gasteiger partial charge in [0.05, 0.1) is 16.5 Å². The third kappa shape index (κ3) is 3.80. The Morgan fingerprint density at radius 1 is 1.17 bits per heavy atom. The van der Waals surface area contributed by atoms with E-state index in [4.69, 9.17) is 33.0 Å². The lowest BCUT2D eigenvalue weighted by atomic mass is 9.85. The van der Waals surface area contributed by atoms with E-state index in [0.717, 1.165) is 16.9 Å². The van der Waals surface area contributed by atoms with E-state index in [1.807, 2.05) is 36.4 Å². The van der Waals surface area contributed by atoms with Crippen molar-refractivity contribution < 1.29 is 14.6 Å². The highest BCUT2D eigenvalue weighted by molar-refractivity contribution is 6.42. The van der Waals surface area contributed by atoms with Crippen molar-refractivity contribution in [1.29, 1.82) is 0 Å². The molecule has 1 N–H and O–H groups in total. The zero-order valence-corrected chi connectivity index (χ0v) is 13.8. The quantitative estimate of drug-likeness (QED) is 0.848. The van der Waals surface area contributed by atoms with Crippen LogP contribution in [0.5, 0.6) is 5.75 Å². The van der Waals surface area contributed by atoms with Gasteiger partial charge in [-0.1, -0.05) is 47.5 Å². The molecule has 3 rings (SSSR count). The van der Waals surface area contributed by atoms with Crippen molar-refractivity contribution in [3.63, 3.8) is 0 Å². The second-order valence-electron chi connectivity index (χ2n) is 5.76. The number of hydrogen-bond acceptors (Lipinski definition) is 2. The number of carboxylic acids is 1. The van der Waals surface area contributed by atoms with Crippen molar-refractivity contribution in [2.24, 2.45) is 0 Å². The molecule has 1 heterocycles. The van der Waals surface area contributed by atoms with Crippen LogP contribution < -0.4 is 4.74 Å². The molecule has 0 bridgehead atoms. The minimum Gasteiger partial charge on any atom is -0.490 e. The molecule has 0 amide bonds. The van der Waals surface area contributed by atoms with Gasteiger partial charge in [-0.05, 0) is 35.7 Å². The van der Waals surface area contributed by atoms with Crippen LogP contribution in [-0.2, 0) is 11.2 Å². The van der Waals surface area contributed by atoms with E-state index in [1.54, 1.807) is 6.07 Å². The molecule has 0 saturated carbocycles. The lowest BCUT2D eigenvalue weighted by Gasteiger charge is -2.31. The number of hydrogen-bond donors (Lipinski definition) is 1. The summed E-state index contributed by atoms with van der Waals surface area (Å²) in [5, 5.41) is 10.2. The zero-order chi connectivity index (χ0) is 16.4. The molecular formula is C18H16Cl2O3. The van der Waals surface area contributed by atoms with Crippen LogP contribution in [0.2, 0.25) is 10.0 Å². The maximum absolute atomic E-state index is 11.2. The van der Waals surface area contributed by atoms with Crippen LogP contribution in [0.3, 0.4) is 0 Å². The summed E-state index contributed by atoms with van der Waals surface area (Å²) < 4.78 is 6.05. The van der Waals surface area contributed by atoms with Crippen LogP contribution in [-0.4, -0.2) is 17.2 Å². The van der Waals surface area contributed by atoms with Crippen molar-refractivity contribution in [2.75, 3.05) is 0 Å². The third-order valence-electron chi connectivity index (χ3n) is 4.07. The molecule has 2 aromatic carbocycles. The Kier molecular flexibility index (Phi) is 4.79. The molecule has 23 heavy (non-hydrogen) atoms. The predicted molar refractivity (Wildman–Crippen MR) is 90.6 cm³/mol. The summed E-state index contributed by atoms with van der Waals surface area (Å²) in [5.74, 6) is -0.0553. The summed E-state index contributed by atoms with van der Waals surface area (Å²) in [6, 6.07) is 13.2. The van der Waals surface area contributed by atoms with Gasteiger partial charge in [-0.3, -0.25) is 4.79 Å². The van der Waals surface area contributed by atoms with Crippen LogP contribution in [0.4, 0.5) is 0 Å². The second kappa shape index (κ2) is 6.81. The van der Waals surface area contributed by atoms with Gasteiger partial charge in [-0.2, -0.15) is 0 Å². The summed E-state index contributed by atoms with van der Waals surface area (Å²) in [4.78, 5) is 11.2. The van der Waals surface area contributed by atoms with Crippen LogP contribution in [0, 0.1) is 0 Å². The average molecular weight is 351 g/mol. The number of carbonyl (C=O) groups is 1. The van der Waals surface area contributed by atoms with Gasteiger partial charge < -0.3 is 9.84 Å². The number of aliphatic carboxylic acids is 1. The number of para-hydroxylation sites is 1. The molecule has 2 atom stereocenters. The Hall–Kier alpha value is -1.71. The number of fused-ring (bicyclic) bond motifs is 1. The first-order valence-corrected chi connectivity index (χ1v) is 8.20. The first-order chi connectivity index (χ1) is 11.0. The summed E-state index contributed by atoms with van der Waals surface area (Å²) in [5.41, 5.74) is 2.00. The molecule has 0 saturated heterocycles. The van der Waals surface area contributed by atoms with Crippen molar-refractivity contribution >= 4 is 29.2 Å². The number of benzene rings is 2. The van der Waals surface area contributed by atoms with E-state index in [-0.39, 0.29) is 18.4 Å². The SMILES string of the molecule is O=C(O)CC1CC(Cc2ccc(Cl)c(Cl)c2)Oc2ccccc21. The van der Waals surface area contributed by atoms with Gasteiger partial charge >= 0.3 is 5.97 Å². The van der Waals surface area contributed by atoms with Gasteiger partial charge in [0.25, 0.3) is 0 Å². The highest BCUT2D eigenvalue weighted by Crippen LogP contribution is 2.39. The van der Waals surface area contributed by atoms with Gasteiger partial charge in [0, 0.05) is 12.3 Å². The van der Waals surface area contributed by atoms with Crippen LogP contribution in [0.25, 0.3) is 0 Å². The topological polar surface area (TPSA) is 46.5 Å². The molecule has 0 fully saturated rings. The van der Waals surface area contributed by atoms with Crippen LogP contribution in [0.1, 0.15) is 29.9 Å². The Balaban J connectivity index is 1.81. The highest BCUT2D eigenvalue weighted by Gasteiger charge is 2.29. The predicted octanol–water partition coefficient (Wildman–Crippen LogP) is 4.95. The van der Waals surface area contributed by atoms with Crippen LogP contribution >= 0.6 is 23.2 Å². The summed E-state index contributed by atoms with van der Waals surface area (Å²) in [7, 11) is 0. The molecular weight excluding hydrogens is 335 g/mol. The normalized spacial score (nSPS) is 19.7. The van der Waals surface area contributed by atoms with Gasteiger partial charge in [0.2, 0.25) is 0 Å². The number of ether oxygens (including phenoxy) is 1. The smallest absolute Gasteiger partial charge is 0.303 e. The van der Waals surface area contributed by atoms with Gasteiger partial charge in [0.15, 0.2) is 0 Å². The van der Waals surface area contributed by atoms with Gasteiger partial charge in [0.1, 0.15) is 11.9 Å². The second-order valence-corrected chi connectivity index (χ2v) is 6.58. The standard InChI is InChI=1S/C18H16Cl2O3/c19-15-6-5-11(8-16(15)20)7-13-9-12(10-18(21)22)14-3-1-2-4-17(14)23-13/h1-6,8,12-13H,7,9-10H2,(H,21,22). The highest BCUT2D eigenvalue weighted by atomic mass is 35.5. The molecule has 5 heteroatoms. The molecule has 3 nitrogen and oxygen atoms in total. The van der Waals surface area contributed by atoms with Crippen molar-refractivity contribution in [2.45, 2.75) is 31.3 Å². The Bertz CT molecular complexity index is 730. The van der Waals surface area contributed by atoms with E-state index in [2.05, 4.69) is 0 Å². The molecule has 1 aliphatic rings. The monoisotopic (exact) mass is 350 g/mol. The lowest BCUT2D eigenvalue weighted by molar-refractivity contribution is -0.137. The van der Waals surface area contributed by atoms with Gasteiger partial charge in [-0.25, -0.2) is 0 Å². The molecule has 120 valence electrons. The fourth-order valence-electron chi connectivity index (χ4n) is 3.06. The molecule has 2 unspecified atom stereocenters. The number of rotatable bonds is 4. The first-order valence-electron chi connectivity index (χ1n) is 7.44. The Morgan fingerprint density at radius 3 is 2.70 bits per heavy atom. The summed E-state index contributed by atoms with van der Waals surface area (Å²) in [6.45, 7) is 0. The van der Waals surface area contributed by atoms with Crippen molar-refractivity contribution in [3.8, 4) is 5.75 Å². The molecule has 0 radical (unpaired) electrons. The molecule has 0 aliphatic carbocycles. The van der Waals surface area contributed by atoms with Gasteiger partial charge in [-0.15, -0.1) is 0 Å². The molecule has 2 aromatic rings. The third-order valence-corrected chi connectivity index (χ3v) is 4.81. The minimum atomic E-state index is -0.792. The fraction of sp³-hybridized carbons (Fsp3) is 0.278. The minimum absolute atomic E-state index is 0.0368. The van der Waals surface area contributed by atoms with Crippen LogP contribution in [0.15, 0.2) is 42.5 Å². The molecule has 0 spiro atoms. The van der Waals surface area contributed by atoms with E-state index >= 15 is 0 Å². The van der Waals surface area contributed by atoms with E-state index < -0.39 is 5.97 Å². The van der Waals surface area contributed by atoms with E-state index in [0.29, 0.717) is 22.9 Å². The largest absolute Gasteiger partial charge is 0.490 e. The van der Waals surface area contributed by atoms with Crippen molar-refractivity contribution in [1.82, 2.24) is 0 Å². The molecule has 1 aliphatic heterocycles. The maximum atomic E-state index is 11.2. The zero-order valence-electron chi connectivity index (χ0n) is 12.3.